The van der Waals surface area contributed by atoms with Crippen LogP contribution in [0.1, 0.15) is 15.9 Å². The van der Waals surface area contributed by atoms with Crippen LogP contribution < -0.4 is 5.73 Å². The Balaban J connectivity index is 2.35. The predicted molar refractivity (Wildman–Crippen MR) is 60.3 cm³/mol. The molecule has 1 fully saturated rings. The van der Waals surface area contributed by atoms with E-state index in [0.29, 0.717) is 0 Å². The first-order valence-corrected chi connectivity index (χ1v) is 5.58. The lowest BCUT2D eigenvalue weighted by molar-refractivity contribution is -0.138. The molecule has 1 aromatic carbocycles. The maximum absolute atomic E-state index is 12.8. The second-order valence-corrected chi connectivity index (χ2v) is 4.59. The number of hydrogen-bond acceptors (Lipinski definition) is 2. The van der Waals surface area contributed by atoms with E-state index < -0.39 is 17.6 Å². The molecule has 1 amide bonds. The second kappa shape index (κ2) is 4.44. The summed E-state index contributed by atoms with van der Waals surface area (Å²) in [6.45, 7) is 0.553. The molecule has 7 heteroatoms. The Morgan fingerprint density at radius 3 is 2.50 bits per heavy atom. The van der Waals surface area contributed by atoms with E-state index in [-0.39, 0.29) is 29.7 Å². The maximum atomic E-state index is 12.8. The molecular formula is C11H10ClF3N2O. The predicted octanol–water partition coefficient (Wildman–Crippen LogP) is 2.14. The summed E-state index contributed by atoms with van der Waals surface area (Å²) in [5.74, 6) is -0.666. The first kappa shape index (κ1) is 13.2. The van der Waals surface area contributed by atoms with Crippen LogP contribution in [0, 0.1) is 0 Å². The number of carbonyl (C=O) groups is 1. The largest absolute Gasteiger partial charge is 0.417 e. The van der Waals surface area contributed by atoms with E-state index in [1.54, 1.807) is 0 Å². The fourth-order valence-electron chi connectivity index (χ4n) is 1.79. The minimum atomic E-state index is -4.61. The molecule has 1 aromatic rings. The highest BCUT2D eigenvalue weighted by atomic mass is 35.5. The van der Waals surface area contributed by atoms with Crippen molar-refractivity contribution in [1.82, 2.24) is 4.90 Å². The standard InChI is InChI=1S/C11H10ClF3N2O/c12-6-1-2-8(9(3-6)11(13,14)15)10(18)17-4-7(16)5-17/h1-3,7H,4-5,16H2. The van der Waals surface area contributed by atoms with E-state index in [9.17, 15) is 18.0 Å². The Morgan fingerprint density at radius 2 is 2.00 bits per heavy atom. The van der Waals surface area contributed by atoms with E-state index in [0.717, 1.165) is 12.1 Å². The molecule has 0 bridgehead atoms. The van der Waals surface area contributed by atoms with Crippen molar-refractivity contribution >= 4 is 17.5 Å². The third kappa shape index (κ3) is 2.44. The fraction of sp³-hybridized carbons (Fsp3) is 0.364. The maximum Gasteiger partial charge on any atom is 0.417 e. The molecule has 1 aliphatic heterocycles. The summed E-state index contributed by atoms with van der Waals surface area (Å²) in [5.41, 5.74) is 4.09. The summed E-state index contributed by atoms with van der Waals surface area (Å²) < 4.78 is 38.4. The normalized spacial score (nSPS) is 16.6. The zero-order valence-corrected chi connectivity index (χ0v) is 9.92. The molecule has 0 radical (unpaired) electrons. The molecule has 1 aliphatic rings. The van der Waals surface area contributed by atoms with E-state index >= 15 is 0 Å². The summed E-state index contributed by atoms with van der Waals surface area (Å²) in [7, 11) is 0. The van der Waals surface area contributed by atoms with E-state index in [2.05, 4.69) is 0 Å². The van der Waals surface area contributed by atoms with Crippen LogP contribution in [0.4, 0.5) is 13.2 Å². The molecule has 0 aliphatic carbocycles. The Hall–Kier alpha value is -1.27. The highest BCUT2D eigenvalue weighted by molar-refractivity contribution is 6.30. The van der Waals surface area contributed by atoms with Crippen molar-refractivity contribution in [2.45, 2.75) is 12.2 Å². The monoisotopic (exact) mass is 278 g/mol. The zero-order valence-electron chi connectivity index (χ0n) is 9.17. The number of carbonyl (C=O) groups excluding carboxylic acids is 1. The summed E-state index contributed by atoms with van der Waals surface area (Å²) >= 11 is 5.53. The second-order valence-electron chi connectivity index (χ2n) is 4.16. The summed E-state index contributed by atoms with van der Waals surface area (Å²) in [6.07, 6.45) is -4.61. The van der Waals surface area contributed by atoms with Gasteiger partial charge in [0.2, 0.25) is 0 Å². The molecule has 0 saturated carbocycles. The molecule has 18 heavy (non-hydrogen) atoms. The van der Waals surface area contributed by atoms with Gasteiger partial charge in [0.05, 0.1) is 11.1 Å². The van der Waals surface area contributed by atoms with Crippen molar-refractivity contribution in [2.24, 2.45) is 5.73 Å². The molecule has 2 N–H and O–H groups in total. The number of nitrogens with two attached hydrogens (primary N) is 1. The number of alkyl halides is 3. The number of benzene rings is 1. The third-order valence-electron chi connectivity index (χ3n) is 2.71. The highest BCUT2D eigenvalue weighted by Crippen LogP contribution is 2.34. The minimum Gasteiger partial charge on any atom is -0.335 e. The van der Waals surface area contributed by atoms with Crippen molar-refractivity contribution < 1.29 is 18.0 Å². The molecule has 1 saturated heterocycles. The van der Waals surface area contributed by atoms with Crippen molar-refractivity contribution in [3.63, 3.8) is 0 Å². The van der Waals surface area contributed by atoms with Gasteiger partial charge in [-0.1, -0.05) is 11.6 Å². The Morgan fingerprint density at radius 1 is 1.39 bits per heavy atom. The molecule has 98 valence electrons. The average Bonchev–Trinajstić information content (AvgIpc) is 2.22. The number of hydrogen-bond donors (Lipinski definition) is 1. The Kier molecular flexibility index (Phi) is 3.25. The SMILES string of the molecule is NC1CN(C(=O)c2ccc(Cl)cc2C(F)(F)F)C1. The highest BCUT2D eigenvalue weighted by Gasteiger charge is 2.38. The van der Waals surface area contributed by atoms with Crippen LogP contribution in [-0.2, 0) is 6.18 Å². The molecular weight excluding hydrogens is 269 g/mol. The van der Waals surface area contributed by atoms with Gasteiger partial charge in [-0.25, -0.2) is 0 Å². The summed E-state index contributed by atoms with van der Waals surface area (Å²) in [6, 6.07) is 2.96. The first-order chi connectivity index (χ1) is 8.29. The lowest BCUT2D eigenvalue weighted by Gasteiger charge is -2.37. The summed E-state index contributed by atoms with van der Waals surface area (Å²) in [4.78, 5) is 13.2. The van der Waals surface area contributed by atoms with Crippen molar-refractivity contribution in [2.75, 3.05) is 13.1 Å². The van der Waals surface area contributed by atoms with Crippen LogP contribution >= 0.6 is 11.6 Å². The molecule has 2 rings (SSSR count). The van der Waals surface area contributed by atoms with E-state index in [1.807, 2.05) is 0 Å². The van der Waals surface area contributed by atoms with Gasteiger partial charge in [-0.15, -0.1) is 0 Å². The van der Waals surface area contributed by atoms with Crippen LogP contribution in [0.5, 0.6) is 0 Å². The Labute approximate surface area is 106 Å². The lowest BCUT2D eigenvalue weighted by atomic mass is 10.0. The quantitative estimate of drug-likeness (QED) is 0.855. The van der Waals surface area contributed by atoms with Crippen LogP contribution in [0.25, 0.3) is 0 Å². The minimum absolute atomic E-state index is 0.0563. The summed E-state index contributed by atoms with van der Waals surface area (Å²) in [5, 5.41) is -0.0563. The molecule has 0 spiro atoms. The van der Waals surface area contributed by atoms with Gasteiger partial charge in [0.15, 0.2) is 0 Å². The molecule has 1 heterocycles. The van der Waals surface area contributed by atoms with Gasteiger partial charge in [0, 0.05) is 24.2 Å². The first-order valence-electron chi connectivity index (χ1n) is 5.20. The van der Waals surface area contributed by atoms with E-state index in [4.69, 9.17) is 17.3 Å². The van der Waals surface area contributed by atoms with Crippen molar-refractivity contribution in [3.05, 3.63) is 34.3 Å². The van der Waals surface area contributed by atoms with Gasteiger partial charge in [-0.2, -0.15) is 13.2 Å². The van der Waals surface area contributed by atoms with Crippen molar-refractivity contribution in [3.8, 4) is 0 Å². The number of amides is 1. The number of nitrogens with zero attached hydrogens (tertiary/aromatic N) is 1. The zero-order chi connectivity index (χ0) is 13.5. The molecule has 0 aromatic heterocycles. The topological polar surface area (TPSA) is 46.3 Å². The number of likely N-dealkylation sites (tertiary alicyclic amines) is 1. The molecule has 0 atom stereocenters. The van der Waals surface area contributed by atoms with Gasteiger partial charge in [0.25, 0.3) is 5.91 Å². The number of halogens is 4. The van der Waals surface area contributed by atoms with Gasteiger partial charge < -0.3 is 10.6 Å². The van der Waals surface area contributed by atoms with Crippen molar-refractivity contribution in [1.29, 1.82) is 0 Å². The van der Waals surface area contributed by atoms with Gasteiger partial charge in [-0.3, -0.25) is 4.79 Å². The van der Waals surface area contributed by atoms with Crippen LogP contribution in [-0.4, -0.2) is 29.9 Å². The van der Waals surface area contributed by atoms with E-state index in [1.165, 1.54) is 11.0 Å². The smallest absolute Gasteiger partial charge is 0.335 e. The Bertz CT molecular complexity index is 484. The average molecular weight is 279 g/mol. The van der Waals surface area contributed by atoms with Crippen LogP contribution in [0.2, 0.25) is 5.02 Å². The number of rotatable bonds is 1. The molecule has 0 unspecified atom stereocenters. The van der Waals surface area contributed by atoms with Gasteiger partial charge in [0.1, 0.15) is 0 Å². The lowest BCUT2D eigenvalue weighted by Crippen LogP contribution is -2.58. The third-order valence-corrected chi connectivity index (χ3v) is 2.95. The van der Waals surface area contributed by atoms with Gasteiger partial charge >= 0.3 is 6.18 Å². The van der Waals surface area contributed by atoms with Crippen LogP contribution in [0.3, 0.4) is 0 Å². The molecule has 3 nitrogen and oxygen atoms in total. The van der Waals surface area contributed by atoms with Gasteiger partial charge in [-0.05, 0) is 18.2 Å². The fourth-order valence-corrected chi connectivity index (χ4v) is 1.96. The van der Waals surface area contributed by atoms with Crippen LogP contribution in [0.15, 0.2) is 18.2 Å².